The molecule has 1 aromatic heterocycles. The highest BCUT2D eigenvalue weighted by molar-refractivity contribution is 5.85. The average molecular weight is 427 g/mol. The van der Waals surface area contributed by atoms with E-state index in [1.54, 1.807) is 10.9 Å². The summed E-state index contributed by atoms with van der Waals surface area (Å²) in [5.74, 6) is 1.53. The summed E-state index contributed by atoms with van der Waals surface area (Å²) in [7, 11) is 0. The number of benzene rings is 2. The highest BCUT2D eigenvalue weighted by Gasteiger charge is 2.41. The molecule has 30 heavy (non-hydrogen) atoms. The normalized spacial score (nSPS) is 15.1. The molecule has 0 radical (unpaired) electrons. The van der Waals surface area contributed by atoms with Crippen LogP contribution in [-0.2, 0) is 16.9 Å². The third-order valence-electron chi connectivity index (χ3n) is 5.43. The Morgan fingerprint density at radius 1 is 1.17 bits per heavy atom. The molecular formula is C23H27ClN4O2. The first kappa shape index (κ1) is 21.9. The van der Waals surface area contributed by atoms with Gasteiger partial charge in [0.15, 0.2) is 0 Å². The smallest absolute Gasteiger partial charge is 0.248 e. The molecule has 4 rings (SSSR count). The highest BCUT2D eigenvalue weighted by atomic mass is 35.5. The minimum Gasteiger partial charge on any atom is -0.457 e. The van der Waals surface area contributed by atoms with E-state index in [1.807, 2.05) is 67.7 Å². The van der Waals surface area contributed by atoms with Crippen molar-refractivity contribution < 1.29 is 9.53 Å². The summed E-state index contributed by atoms with van der Waals surface area (Å²) < 4.78 is 7.89. The van der Waals surface area contributed by atoms with Gasteiger partial charge in [-0.25, -0.2) is 0 Å². The molecule has 0 aliphatic carbocycles. The summed E-state index contributed by atoms with van der Waals surface area (Å²) in [6, 6.07) is 17.6. The predicted octanol–water partition coefficient (Wildman–Crippen LogP) is 3.80. The fourth-order valence-corrected chi connectivity index (χ4v) is 3.78. The summed E-state index contributed by atoms with van der Waals surface area (Å²) in [5.41, 5.74) is 1.40. The van der Waals surface area contributed by atoms with Crippen LogP contribution in [0, 0.1) is 6.92 Å². The van der Waals surface area contributed by atoms with Gasteiger partial charge in [-0.2, -0.15) is 5.10 Å². The molecule has 0 atom stereocenters. The molecule has 0 spiro atoms. The fourth-order valence-electron chi connectivity index (χ4n) is 3.78. The van der Waals surface area contributed by atoms with Crippen molar-refractivity contribution in [1.29, 1.82) is 0 Å². The number of carbonyl (C=O) groups excluding carboxylic acids is 1. The van der Waals surface area contributed by atoms with E-state index in [2.05, 4.69) is 15.7 Å². The van der Waals surface area contributed by atoms with E-state index in [4.69, 9.17) is 4.74 Å². The van der Waals surface area contributed by atoms with Gasteiger partial charge in [0.1, 0.15) is 17.0 Å². The molecule has 6 nitrogen and oxygen atoms in total. The first-order chi connectivity index (χ1) is 14.2. The highest BCUT2D eigenvalue weighted by Crippen LogP contribution is 2.29. The Balaban J connectivity index is 0.00000256. The first-order valence-electron chi connectivity index (χ1n) is 9.99. The van der Waals surface area contributed by atoms with Gasteiger partial charge in [-0.3, -0.25) is 9.48 Å². The zero-order valence-corrected chi connectivity index (χ0v) is 17.8. The Morgan fingerprint density at radius 3 is 2.63 bits per heavy atom. The third-order valence-corrected chi connectivity index (χ3v) is 5.43. The van der Waals surface area contributed by atoms with Crippen LogP contribution < -0.4 is 15.4 Å². The van der Waals surface area contributed by atoms with Gasteiger partial charge in [0.25, 0.3) is 0 Å². The lowest BCUT2D eigenvalue weighted by Gasteiger charge is -2.36. The van der Waals surface area contributed by atoms with Crippen molar-refractivity contribution in [3.8, 4) is 11.5 Å². The topological polar surface area (TPSA) is 68.2 Å². The van der Waals surface area contributed by atoms with E-state index in [9.17, 15) is 4.79 Å². The van der Waals surface area contributed by atoms with E-state index < -0.39 is 5.54 Å². The summed E-state index contributed by atoms with van der Waals surface area (Å²) in [6.45, 7) is 4.01. The number of halogens is 1. The molecule has 1 saturated heterocycles. The molecule has 1 amide bonds. The van der Waals surface area contributed by atoms with Crippen molar-refractivity contribution in [2.75, 3.05) is 13.1 Å². The Labute approximate surface area is 183 Å². The van der Waals surface area contributed by atoms with Crippen LogP contribution in [0.1, 0.15) is 24.0 Å². The molecule has 3 aromatic rings. The van der Waals surface area contributed by atoms with Crippen molar-refractivity contribution in [3.05, 3.63) is 78.1 Å². The second-order valence-corrected chi connectivity index (χ2v) is 7.44. The van der Waals surface area contributed by atoms with Crippen LogP contribution in [0.25, 0.3) is 0 Å². The number of hydrogen-bond donors (Lipinski definition) is 2. The minimum atomic E-state index is -0.653. The van der Waals surface area contributed by atoms with Gasteiger partial charge in [0.05, 0.1) is 0 Å². The van der Waals surface area contributed by atoms with Crippen molar-refractivity contribution in [2.24, 2.45) is 0 Å². The summed E-state index contributed by atoms with van der Waals surface area (Å²) >= 11 is 0. The molecule has 1 aliphatic heterocycles. The quantitative estimate of drug-likeness (QED) is 0.629. The number of rotatable bonds is 6. The van der Waals surface area contributed by atoms with Crippen LogP contribution in [0.3, 0.4) is 0 Å². The van der Waals surface area contributed by atoms with Crippen LogP contribution in [0.2, 0.25) is 0 Å². The van der Waals surface area contributed by atoms with Crippen LogP contribution in [0.4, 0.5) is 0 Å². The zero-order valence-electron chi connectivity index (χ0n) is 17.0. The van der Waals surface area contributed by atoms with Gasteiger partial charge >= 0.3 is 0 Å². The molecule has 0 unspecified atom stereocenters. The lowest BCUT2D eigenvalue weighted by Crippen LogP contribution is -2.54. The second kappa shape index (κ2) is 9.78. The number of ether oxygens (including phenoxy) is 1. The molecule has 2 heterocycles. The minimum absolute atomic E-state index is 0. The molecule has 7 heteroatoms. The SMILES string of the molecule is Cc1ccc(CNC(=O)C2(n3cccn3)CCNCC2)c(Oc2ccccc2)c1.Cl. The van der Waals surface area contributed by atoms with E-state index in [-0.39, 0.29) is 18.3 Å². The van der Waals surface area contributed by atoms with Crippen molar-refractivity contribution in [1.82, 2.24) is 20.4 Å². The van der Waals surface area contributed by atoms with Gasteiger partial charge < -0.3 is 15.4 Å². The Morgan fingerprint density at radius 2 is 1.93 bits per heavy atom. The van der Waals surface area contributed by atoms with Gasteiger partial charge in [-0.15, -0.1) is 12.4 Å². The number of aryl methyl sites for hydroxylation is 1. The number of aromatic nitrogens is 2. The summed E-state index contributed by atoms with van der Waals surface area (Å²) in [6.07, 6.45) is 5.02. The largest absolute Gasteiger partial charge is 0.457 e. The molecule has 1 fully saturated rings. The van der Waals surface area contributed by atoms with Crippen LogP contribution >= 0.6 is 12.4 Å². The van der Waals surface area contributed by atoms with Crippen molar-refractivity contribution in [3.63, 3.8) is 0 Å². The number of nitrogens with one attached hydrogen (secondary N) is 2. The van der Waals surface area contributed by atoms with Gasteiger partial charge in [-0.05, 0) is 62.7 Å². The molecular weight excluding hydrogens is 400 g/mol. The lowest BCUT2D eigenvalue weighted by atomic mass is 9.87. The van der Waals surface area contributed by atoms with Gasteiger partial charge in [-0.1, -0.05) is 30.3 Å². The molecule has 2 aromatic carbocycles. The number of amides is 1. The molecule has 1 aliphatic rings. The Bertz CT molecular complexity index is 955. The van der Waals surface area contributed by atoms with Gasteiger partial charge in [0, 0.05) is 24.5 Å². The first-order valence-corrected chi connectivity index (χ1v) is 9.99. The average Bonchev–Trinajstić information content (AvgIpc) is 3.30. The van der Waals surface area contributed by atoms with E-state index in [0.717, 1.165) is 35.7 Å². The molecule has 0 saturated carbocycles. The molecule has 158 valence electrons. The number of hydrogen-bond acceptors (Lipinski definition) is 4. The number of piperidine rings is 1. The van der Waals surface area contributed by atoms with Crippen LogP contribution in [-0.4, -0.2) is 28.8 Å². The Hall–Kier alpha value is -2.83. The van der Waals surface area contributed by atoms with E-state index in [1.165, 1.54) is 0 Å². The van der Waals surface area contributed by atoms with Crippen molar-refractivity contribution >= 4 is 18.3 Å². The number of carbonyl (C=O) groups is 1. The zero-order chi connectivity index (χ0) is 20.1. The maximum Gasteiger partial charge on any atom is 0.248 e. The lowest BCUT2D eigenvalue weighted by molar-refractivity contribution is -0.132. The van der Waals surface area contributed by atoms with Gasteiger partial charge in [0.2, 0.25) is 5.91 Å². The monoisotopic (exact) mass is 426 g/mol. The fraction of sp³-hybridized carbons (Fsp3) is 0.304. The summed E-state index contributed by atoms with van der Waals surface area (Å²) in [5, 5.41) is 10.8. The Kier molecular flexibility index (Phi) is 7.13. The maximum absolute atomic E-state index is 13.3. The number of para-hydroxylation sites is 1. The standard InChI is InChI=1S/C23H26N4O2.ClH/c1-18-8-9-19(21(16-18)29-20-6-3-2-4-7-20)17-25-22(28)23(10-13-24-14-11-23)27-15-5-12-26-27;/h2-9,12,15-16,24H,10-11,13-14,17H2,1H3,(H,25,28);1H. The molecule has 0 bridgehead atoms. The van der Waals surface area contributed by atoms with Crippen LogP contribution in [0.15, 0.2) is 67.0 Å². The van der Waals surface area contributed by atoms with E-state index in [0.29, 0.717) is 19.4 Å². The predicted molar refractivity (Wildman–Crippen MR) is 119 cm³/mol. The summed E-state index contributed by atoms with van der Waals surface area (Å²) in [4.78, 5) is 13.3. The maximum atomic E-state index is 13.3. The molecule has 2 N–H and O–H groups in total. The number of nitrogens with zero attached hydrogens (tertiary/aromatic N) is 2. The van der Waals surface area contributed by atoms with Crippen molar-refractivity contribution in [2.45, 2.75) is 31.8 Å². The second-order valence-electron chi connectivity index (χ2n) is 7.44. The van der Waals surface area contributed by atoms with Crippen LogP contribution in [0.5, 0.6) is 11.5 Å². The third kappa shape index (κ3) is 4.66. The van der Waals surface area contributed by atoms with E-state index >= 15 is 0 Å².